The first-order valence-corrected chi connectivity index (χ1v) is 13.9. The normalized spacial score (nSPS) is 22.9. The van der Waals surface area contributed by atoms with E-state index < -0.39 is 41.7 Å². The molecule has 1 aromatic carbocycles. The second-order valence-corrected chi connectivity index (χ2v) is 11.1. The maximum atomic E-state index is 14.0. The van der Waals surface area contributed by atoms with Gasteiger partial charge in [-0.05, 0) is 68.6 Å². The molecule has 2 heterocycles. The number of aryl methyl sites for hydroxylation is 1. The van der Waals surface area contributed by atoms with Crippen LogP contribution in [0.25, 0.3) is 0 Å². The minimum atomic E-state index is -5.69. The number of hydrogen-bond acceptors (Lipinski definition) is 4. The first-order valence-electron chi connectivity index (χ1n) is 13.9. The number of amides is 3. The second-order valence-electron chi connectivity index (χ2n) is 11.1. The summed E-state index contributed by atoms with van der Waals surface area (Å²) < 4.78 is 94.5. The standard InChI is InChI=1S/C28H36F6N2O4/c1-4-9-17-15-21-20(16-40-26(21,27(29,30)31)28(32,33)34)19(10-5-2)22(17)39-14-7-6-13-36-23(37)25(3,35-24(36)38)18-11-8-12-18/h15,18H,4-14,16H2,1-3H3,(H,35,38). The van der Waals surface area contributed by atoms with Crippen LogP contribution in [0.5, 0.6) is 5.75 Å². The number of alkyl halides is 6. The highest BCUT2D eigenvalue weighted by Gasteiger charge is 2.76. The van der Waals surface area contributed by atoms with Crippen molar-refractivity contribution in [3.05, 3.63) is 28.3 Å². The molecule has 0 bridgehead atoms. The lowest BCUT2D eigenvalue weighted by Crippen LogP contribution is -2.53. The van der Waals surface area contributed by atoms with E-state index in [-0.39, 0.29) is 48.9 Å². The van der Waals surface area contributed by atoms with Crippen molar-refractivity contribution in [2.75, 3.05) is 13.2 Å². The monoisotopic (exact) mass is 578 g/mol. The van der Waals surface area contributed by atoms with Crippen molar-refractivity contribution in [3.8, 4) is 5.75 Å². The summed E-state index contributed by atoms with van der Waals surface area (Å²) in [5, 5.41) is 2.83. The second kappa shape index (κ2) is 11.1. The number of rotatable bonds is 11. The number of fused-ring (bicyclic) bond motifs is 1. The van der Waals surface area contributed by atoms with Crippen LogP contribution in [0.4, 0.5) is 31.1 Å². The van der Waals surface area contributed by atoms with Gasteiger partial charge in [0.05, 0.1) is 13.2 Å². The summed E-state index contributed by atoms with van der Waals surface area (Å²) in [6.07, 6.45) is -6.29. The molecule has 3 aliphatic rings. The SMILES string of the molecule is CCCc1cc2c(c(CCC)c1OCCCCN1C(=O)NC(C)(C3CCC3)C1=O)COC2(C(F)(F)F)C(F)(F)F. The molecule has 1 aromatic rings. The molecule has 0 spiro atoms. The predicted octanol–water partition coefficient (Wildman–Crippen LogP) is 6.71. The van der Waals surface area contributed by atoms with Gasteiger partial charge >= 0.3 is 18.4 Å². The Hall–Kier alpha value is -2.50. The molecule has 2 aliphatic heterocycles. The first kappa shape index (κ1) is 30.5. The first-order chi connectivity index (χ1) is 18.7. The van der Waals surface area contributed by atoms with E-state index in [4.69, 9.17) is 4.74 Å². The third-order valence-electron chi connectivity index (χ3n) is 8.45. The van der Waals surface area contributed by atoms with Crippen LogP contribution in [0, 0.1) is 5.92 Å². The smallest absolute Gasteiger partial charge is 0.430 e. The van der Waals surface area contributed by atoms with Crippen LogP contribution in [0.15, 0.2) is 6.07 Å². The molecular formula is C28H36F6N2O4. The molecule has 1 N–H and O–H groups in total. The fraction of sp³-hybridized carbons (Fsp3) is 0.714. The van der Waals surface area contributed by atoms with E-state index in [0.717, 1.165) is 25.3 Å². The number of nitrogens with zero attached hydrogens (tertiary/aromatic N) is 1. The zero-order valence-corrected chi connectivity index (χ0v) is 23.0. The number of nitrogens with one attached hydrogen (secondary N) is 1. The van der Waals surface area contributed by atoms with Crippen LogP contribution in [-0.4, -0.2) is 47.9 Å². The Labute approximate surface area is 229 Å². The molecule has 4 rings (SSSR count). The van der Waals surface area contributed by atoms with Crippen LogP contribution < -0.4 is 10.1 Å². The number of benzene rings is 1. The number of halogens is 6. The average molecular weight is 579 g/mol. The van der Waals surface area contributed by atoms with Gasteiger partial charge in [0.25, 0.3) is 11.5 Å². The van der Waals surface area contributed by atoms with Gasteiger partial charge in [-0.1, -0.05) is 33.1 Å². The minimum Gasteiger partial charge on any atom is -0.493 e. The van der Waals surface area contributed by atoms with Gasteiger partial charge in [0, 0.05) is 17.7 Å². The molecule has 3 amide bonds. The van der Waals surface area contributed by atoms with Gasteiger partial charge in [0.1, 0.15) is 11.3 Å². The van der Waals surface area contributed by atoms with Gasteiger partial charge in [-0.15, -0.1) is 0 Å². The minimum absolute atomic E-state index is 0.124. The molecule has 1 aliphatic carbocycles. The lowest BCUT2D eigenvalue weighted by Gasteiger charge is -2.37. The third-order valence-corrected chi connectivity index (χ3v) is 8.45. The van der Waals surface area contributed by atoms with E-state index in [0.29, 0.717) is 37.0 Å². The van der Waals surface area contributed by atoms with Gasteiger partial charge in [0.2, 0.25) is 0 Å². The number of unbranched alkanes of at least 4 members (excludes halogenated alkanes) is 1. The average Bonchev–Trinajstić information content (AvgIpc) is 3.30. The maximum Gasteiger partial charge on any atom is 0.430 e. The van der Waals surface area contributed by atoms with E-state index >= 15 is 0 Å². The predicted molar refractivity (Wildman–Crippen MR) is 134 cm³/mol. The van der Waals surface area contributed by atoms with Crippen molar-refractivity contribution in [1.29, 1.82) is 0 Å². The van der Waals surface area contributed by atoms with Crippen molar-refractivity contribution in [2.45, 2.75) is 109 Å². The van der Waals surface area contributed by atoms with Crippen molar-refractivity contribution >= 4 is 11.9 Å². The van der Waals surface area contributed by atoms with E-state index in [1.165, 1.54) is 4.90 Å². The van der Waals surface area contributed by atoms with E-state index in [1.54, 1.807) is 20.8 Å². The zero-order chi connectivity index (χ0) is 29.5. The van der Waals surface area contributed by atoms with Crippen LogP contribution in [0.2, 0.25) is 0 Å². The Morgan fingerprint density at radius 3 is 2.25 bits per heavy atom. The summed E-state index contributed by atoms with van der Waals surface area (Å²) in [5.74, 6) is 0.192. The Bertz CT molecular complexity index is 1120. The summed E-state index contributed by atoms with van der Waals surface area (Å²) in [6, 6.07) is 0.530. The third kappa shape index (κ3) is 4.94. The molecule has 1 unspecified atom stereocenters. The number of ether oxygens (including phenoxy) is 2. The van der Waals surface area contributed by atoms with Crippen LogP contribution in [-0.2, 0) is 34.6 Å². The fourth-order valence-electron chi connectivity index (χ4n) is 6.06. The number of carbonyl (C=O) groups is 2. The molecular weight excluding hydrogens is 542 g/mol. The molecule has 6 nitrogen and oxygen atoms in total. The van der Waals surface area contributed by atoms with Crippen LogP contribution in [0.1, 0.15) is 88.0 Å². The van der Waals surface area contributed by atoms with E-state index in [1.807, 2.05) is 0 Å². The van der Waals surface area contributed by atoms with Gasteiger partial charge in [-0.2, -0.15) is 26.3 Å². The highest BCUT2D eigenvalue weighted by molar-refractivity contribution is 6.07. The Balaban J connectivity index is 1.52. The summed E-state index contributed by atoms with van der Waals surface area (Å²) in [5.41, 5.74) is -5.71. The number of hydrogen-bond donors (Lipinski definition) is 1. The van der Waals surface area contributed by atoms with Gasteiger partial charge in [-0.3, -0.25) is 9.69 Å². The Morgan fingerprint density at radius 1 is 1.05 bits per heavy atom. The van der Waals surface area contributed by atoms with Gasteiger partial charge < -0.3 is 14.8 Å². The van der Waals surface area contributed by atoms with Crippen molar-refractivity contribution in [2.24, 2.45) is 5.92 Å². The Kier molecular flexibility index (Phi) is 8.42. The number of urea groups is 1. The van der Waals surface area contributed by atoms with Crippen LogP contribution in [0.3, 0.4) is 0 Å². The van der Waals surface area contributed by atoms with Crippen molar-refractivity contribution < 1.29 is 45.4 Å². The summed E-state index contributed by atoms with van der Waals surface area (Å²) in [6.45, 7) is 4.82. The topological polar surface area (TPSA) is 67.9 Å². The summed E-state index contributed by atoms with van der Waals surface area (Å²) in [4.78, 5) is 26.6. The summed E-state index contributed by atoms with van der Waals surface area (Å²) in [7, 11) is 0. The maximum absolute atomic E-state index is 14.0. The van der Waals surface area contributed by atoms with Gasteiger partial charge in [0.15, 0.2) is 0 Å². The molecule has 40 heavy (non-hydrogen) atoms. The molecule has 2 fully saturated rings. The molecule has 1 saturated carbocycles. The van der Waals surface area contributed by atoms with E-state index in [2.05, 4.69) is 10.1 Å². The lowest BCUT2D eigenvalue weighted by atomic mass is 9.71. The Morgan fingerprint density at radius 2 is 1.70 bits per heavy atom. The summed E-state index contributed by atoms with van der Waals surface area (Å²) >= 11 is 0. The molecule has 0 radical (unpaired) electrons. The largest absolute Gasteiger partial charge is 0.493 e. The highest BCUT2D eigenvalue weighted by atomic mass is 19.4. The fourth-order valence-corrected chi connectivity index (χ4v) is 6.06. The highest BCUT2D eigenvalue weighted by Crippen LogP contribution is 2.58. The van der Waals surface area contributed by atoms with Crippen LogP contribution >= 0.6 is 0 Å². The van der Waals surface area contributed by atoms with Crippen molar-refractivity contribution in [3.63, 3.8) is 0 Å². The zero-order valence-electron chi connectivity index (χ0n) is 23.0. The quantitative estimate of drug-likeness (QED) is 0.180. The van der Waals surface area contributed by atoms with E-state index in [9.17, 15) is 35.9 Å². The molecule has 224 valence electrons. The number of carbonyl (C=O) groups excluding carboxylic acids is 2. The van der Waals surface area contributed by atoms with Crippen molar-refractivity contribution in [1.82, 2.24) is 10.2 Å². The number of imide groups is 1. The lowest BCUT2D eigenvalue weighted by molar-refractivity contribution is -0.385. The van der Waals surface area contributed by atoms with Gasteiger partial charge in [-0.25, -0.2) is 4.79 Å². The molecule has 1 saturated heterocycles. The molecule has 0 aromatic heterocycles. The molecule has 1 atom stereocenters. The molecule has 12 heteroatoms.